The molecule has 5 heteroatoms. The molecule has 0 aliphatic carbocycles. The molecule has 5 nitrogen and oxygen atoms in total. The maximum absolute atomic E-state index is 11.6. The normalized spacial score (nSPS) is 12.5. The van der Waals surface area contributed by atoms with Crippen molar-refractivity contribution < 1.29 is 4.79 Å². The number of hydrogen-bond acceptors (Lipinski definition) is 3. The van der Waals surface area contributed by atoms with Gasteiger partial charge in [-0.1, -0.05) is 6.92 Å². The zero-order valence-electron chi connectivity index (χ0n) is 9.45. The number of hydrogen-bond donors (Lipinski definition) is 2. The molecular weight excluding hydrogens is 192 g/mol. The van der Waals surface area contributed by atoms with Crippen molar-refractivity contribution in [1.82, 2.24) is 20.4 Å². The van der Waals surface area contributed by atoms with Gasteiger partial charge < -0.3 is 10.6 Å². The summed E-state index contributed by atoms with van der Waals surface area (Å²) in [6.07, 6.45) is 1.62. The molecule has 1 atom stereocenters. The van der Waals surface area contributed by atoms with Crippen LogP contribution in [0.25, 0.3) is 0 Å². The van der Waals surface area contributed by atoms with Gasteiger partial charge in [-0.05, 0) is 25.6 Å². The minimum absolute atomic E-state index is 0.0713. The van der Waals surface area contributed by atoms with E-state index in [9.17, 15) is 4.79 Å². The maximum Gasteiger partial charge on any atom is 0.269 e. The number of rotatable bonds is 5. The van der Waals surface area contributed by atoms with Crippen LogP contribution in [0.15, 0.2) is 12.3 Å². The van der Waals surface area contributed by atoms with Gasteiger partial charge in [-0.25, -0.2) is 0 Å². The van der Waals surface area contributed by atoms with E-state index < -0.39 is 0 Å². The van der Waals surface area contributed by atoms with E-state index >= 15 is 0 Å². The molecular formula is C10H18N4O. The molecule has 0 saturated carbocycles. The van der Waals surface area contributed by atoms with Crippen molar-refractivity contribution >= 4 is 5.91 Å². The van der Waals surface area contributed by atoms with Gasteiger partial charge in [-0.15, -0.1) is 0 Å². The van der Waals surface area contributed by atoms with Crippen LogP contribution in [0.3, 0.4) is 0 Å². The Hall–Kier alpha value is -1.36. The van der Waals surface area contributed by atoms with Gasteiger partial charge in [0.05, 0.1) is 0 Å². The van der Waals surface area contributed by atoms with Gasteiger partial charge >= 0.3 is 0 Å². The minimum atomic E-state index is -0.0713. The van der Waals surface area contributed by atoms with Crippen LogP contribution in [-0.2, 0) is 7.05 Å². The fourth-order valence-corrected chi connectivity index (χ4v) is 1.37. The summed E-state index contributed by atoms with van der Waals surface area (Å²) in [6, 6.07) is 1.71. The summed E-state index contributed by atoms with van der Waals surface area (Å²) >= 11 is 0. The Labute approximate surface area is 89.9 Å². The first-order valence-corrected chi connectivity index (χ1v) is 5.06. The summed E-state index contributed by atoms with van der Waals surface area (Å²) in [6.45, 7) is 3.65. The predicted molar refractivity (Wildman–Crippen MR) is 58.6 cm³/mol. The second kappa shape index (κ2) is 5.50. The first-order chi connectivity index (χ1) is 7.15. The van der Waals surface area contributed by atoms with Crippen LogP contribution >= 0.6 is 0 Å². The quantitative estimate of drug-likeness (QED) is 0.719. The van der Waals surface area contributed by atoms with Crippen LogP contribution in [0, 0.1) is 5.92 Å². The van der Waals surface area contributed by atoms with Crippen LogP contribution in [0.5, 0.6) is 0 Å². The molecule has 0 bridgehead atoms. The first kappa shape index (κ1) is 11.7. The highest BCUT2D eigenvalue weighted by Gasteiger charge is 2.10. The third-order valence-electron chi connectivity index (χ3n) is 2.22. The second-order valence-electron chi connectivity index (χ2n) is 3.71. The maximum atomic E-state index is 11.6. The number of nitrogens with zero attached hydrogens (tertiary/aromatic N) is 2. The van der Waals surface area contributed by atoms with Crippen LogP contribution in [0.2, 0.25) is 0 Å². The van der Waals surface area contributed by atoms with Crippen LogP contribution in [0.1, 0.15) is 17.4 Å². The lowest BCUT2D eigenvalue weighted by Crippen LogP contribution is -2.33. The summed E-state index contributed by atoms with van der Waals surface area (Å²) in [5.74, 6) is 0.352. The Kier molecular flexibility index (Phi) is 4.30. The number of nitrogens with one attached hydrogen (secondary N) is 2. The molecule has 0 aromatic carbocycles. The third-order valence-corrected chi connectivity index (χ3v) is 2.22. The van der Waals surface area contributed by atoms with E-state index in [0.717, 1.165) is 6.54 Å². The molecule has 15 heavy (non-hydrogen) atoms. The molecule has 0 spiro atoms. The smallest absolute Gasteiger partial charge is 0.269 e. The molecule has 1 unspecified atom stereocenters. The molecule has 0 fully saturated rings. The molecule has 0 aliphatic rings. The lowest BCUT2D eigenvalue weighted by molar-refractivity contribution is 0.0938. The van der Waals surface area contributed by atoms with E-state index in [1.807, 2.05) is 7.05 Å². The highest BCUT2D eigenvalue weighted by atomic mass is 16.2. The lowest BCUT2D eigenvalue weighted by Gasteiger charge is -2.11. The topological polar surface area (TPSA) is 58.9 Å². The molecule has 1 heterocycles. The van der Waals surface area contributed by atoms with Gasteiger partial charge in [-0.2, -0.15) is 5.10 Å². The van der Waals surface area contributed by atoms with Crippen molar-refractivity contribution in [3.63, 3.8) is 0 Å². The Balaban J connectivity index is 2.40. The van der Waals surface area contributed by atoms with Crippen molar-refractivity contribution in [3.8, 4) is 0 Å². The van der Waals surface area contributed by atoms with Gasteiger partial charge in [-0.3, -0.25) is 9.48 Å². The third kappa shape index (κ3) is 3.36. The molecule has 1 aromatic heterocycles. The molecule has 1 rings (SSSR count). The number of carbonyl (C=O) groups is 1. The molecule has 2 N–H and O–H groups in total. The number of carbonyl (C=O) groups excluding carboxylic acids is 1. The largest absolute Gasteiger partial charge is 0.350 e. The Bertz CT molecular complexity index is 321. The second-order valence-corrected chi connectivity index (χ2v) is 3.71. The summed E-state index contributed by atoms with van der Waals surface area (Å²) in [5, 5.41) is 9.88. The average Bonchev–Trinajstić information content (AvgIpc) is 2.61. The number of aromatic nitrogens is 2. The van der Waals surface area contributed by atoms with E-state index in [0.29, 0.717) is 18.2 Å². The standard InChI is InChI=1S/C10H18N4O/c1-8(6-11-2)7-12-10(15)9-4-5-13-14(9)3/h4-5,8,11H,6-7H2,1-3H3,(H,12,15). The Morgan fingerprint density at radius 1 is 1.60 bits per heavy atom. The van der Waals surface area contributed by atoms with Crippen molar-refractivity contribution in [3.05, 3.63) is 18.0 Å². The summed E-state index contributed by atoms with van der Waals surface area (Å²) in [4.78, 5) is 11.6. The Morgan fingerprint density at radius 2 is 2.33 bits per heavy atom. The average molecular weight is 210 g/mol. The molecule has 0 saturated heterocycles. The van der Waals surface area contributed by atoms with Crippen molar-refractivity contribution in [1.29, 1.82) is 0 Å². The van der Waals surface area contributed by atoms with E-state index in [2.05, 4.69) is 22.7 Å². The highest BCUT2D eigenvalue weighted by Crippen LogP contribution is 1.96. The van der Waals surface area contributed by atoms with Gasteiger partial charge in [0.15, 0.2) is 0 Å². The molecule has 1 aromatic rings. The van der Waals surface area contributed by atoms with Gasteiger partial charge in [0.25, 0.3) is 5.91 Å². The Morgan fingerprint density at radius 3 is 2.87 bits per heavy atom. The first-order valence-electron chi connectivity index (χ1n) is 5.06. The minimum Gasteiger partial charge on any atom is -0.350 e. The van der Waals surface area contributed by atoms with Crippen LogP contribution < -0.4 is 10.6 Å². The van der Waals surface area contributed by atoms with Crippen LogP contribution in [-0.4, -0.2) is 35.8 Å². The zero-order chi connectivity index (χ0) is 11.3. The van der Waals surface area contributed by atoms with Gasteiger partial charge in [0.2, 0.25) is 0 Å². The molecule has 84 valence electrons. The molecule has 1 amide bonds. The summed E-state index contributed by atoms with van der Waals surface area (Å²) in [7, 11) is 3.66. The summed E-state index contributed by atoms with van der Waals surface area (Å²) < 4.78 is 1.57. The zero-order valence-corrected chi connectivity index (χ0v) is 9.45. The highest BCUT2D eigenvalue weighted by molar-refractivity contribution is 5.92. The SMILES string of the molecule is CNCC(C)CNC(=O)c1ccnn1C. The van der Waals surface area contributed by atoms with Crippen molar-refractivity contribution in [2.75, 3.05) is 20.1 Å². The van der Waals surface area contributed by atoms with Crippen molar-refractivity contribution in [2.45, 2.75) is 6.92 Å². The molecule has 0 aliphatic heterocycles. The predicted octanol–water partition coefficient (Wildman–Crippen LogP) is 0.00540. The van der Waals surface area contributed by atoms with E-state index in [1.54, 1.807) is 24.0 Å². The van der Waals surface area contributed by atoms with Gasteiger partial charge in [0, 0.05) is 19.8 Å². The summed E-state index contributed by atoms with van der Waals surface area (Å²) in [5.41, 5.74) is 0.589. The monoisotopic (exact) mass is 210 g/mol. The van der Waals surface area contributed by atoms with Crippen molar-refractivity contribution in [2.24, 2.45) is 13.0 Å². The van der Waals surface area contributed by atoms with Gasteiger partial charge in [0.1, 0.15) is 5.69 Å². The van der Waals surface area contributed by atoms with E-state index in [1.165, 1.54) is 0 Å². The van der Waals surface area contributed by atoms with E-state index in [-0.39, 0.29) is 5.91 Å². The molecule has 0 radical (unpaired) electrons. The number of amides is 1. The fraction of sp³-hybridized carbons (Fsp3) is 0.600. The number of aryl methyl sites for hydroxylation is 1. The van der Waals surface area contributed by atoms with Crippen LogP contribution in [0.4, 0.5) is 0 Å². The lowest BCUT2D eigenvalue weighted by atomic mass is 10.2. The van der Waals surface area contributed by atoms with E-state index in [4.69, 9.17) is 0 Å². The fourth-order valence-electron chi connectivity index (χ4n) is 1.37.